The number of aromatic nitrogens is 1. The Bertz CT molecular complexity index is 969. The third-order valence-corrected chi connectivity index (χ3v) is 6.12. The Balaban J connectivity index is 0.00000121. The summed E-state index contributed by atoms with van der Waals surface area (Å²) in [6.07, 6.45) is 1.63. The number of nitrogens with zero attached hydrogens (tertiary/aromatic N) is 2. The Morgan fingerprint density at radius 3 is 2.27 bits per heavy atom. The van der Waals surface area contributed by atoms with E-state index >= 15 is 0 Å². The van der Waals surface area contributed by atoms with Crippen LogP contribution in [0.3, 0.4) is 0 Å². The van der Waals surface area contributed by atoms with Crippen LogP contribution >= 0.6 is 24.8 Å². The summed E-state index contributed by atoms with van der Waals surface area (Å²) < 4.78 is 27.0. The van der Waals surface area contributed by atoms with Crippen LogP contribution in [0, 0.1) is 0 Å². The molecule has 1 aliphatic rings. The largest absolute Gasteiger partial charge is 0.369 e. The molecule has 1 N–H and O–H groups in total. The molecule has 4 rings (SSSR count). The van der Waals surface area contributed by atoms with Crippen molar-refractivity contribution in [3.8, 4) is 0 Å². The fraction of sp³-hybridized carbons (Fsp3) is 0.222. The van der Waals surface area contributed by atoms with Gasteiger partial charge >= 0.3 is 0 Å². The maximum atomic E-state index is 12.8. The monoisotopic (exact) mass is 413 g/mol. The van der Waals surface area contributed by atoms with E-state index < -0.39 is 10.0 Å². The Hall–Kier alpha value is -1.73. The zero-order chi connectivity index (χ0) is 16.6. The molecule has 1 saturated heterocycles. The predicted molar refractivity (Wildman–Crippen MR) is 111 cm³/mol. The minimum Gasteiger partial charge on any atom is -0.369 e. The van der Waals surface area contributed by atoms with E-state index in [9.17, 15) is 8.42 Å². The quantitative estimate of drug-likeness (QED) is 0.716. The number of fused-ring (bicyclic) bond motifs is 1. The molecule has 1 aromatic heterocycles. The van der Waals surface area contributed by atoms with Gasteiger partial charge in [-0.2, -0.15) is 0 Å². The maximum Gasteiger partial charge on any atom is 0.268 e. The van der Waals surface area contributed by atoms with Crippen LogP contribution in [0.1, 0.15) is 0 Å². The van der Waals surface area contributed by atoms with Crippen molar-refractivity contribution >= 4 is 51.4 Å². The molecule has 0 atom stereocenters. The zero-order valence-electron chi connectivity index (χ0n) is 14.0. The lowest BCUT2D eigenvalue weighted by Gasteiger charge is -2.29. The molecule has 3 aromatic rings. The van der Waals surface area contributed by atoms with Gasteiger partial charge in [-0.05, 0) is 36.4 Å². The van der Waals surface area contributed by atoms with E-state index in [0.29, 0.717) is 10.4 Å². The highest BCUT2D eigenvalue weighted by atomic mass is 35.5. The number of anilines is 1. The summed E-state index contributed by atoms with van der Waals surface area (Å²) >= 11 is 0. The number of halogens is 2. The summed E-state index contributed by atoms with van der Waals surface area (Å²) in [5.41, 5.74) is 1.84. The van der Waals surface area contributed by atoms with Gasteiger partial charge in [0.15, 0.2) is 0 Å². The molecular formula is C18H21Cl2N3O2S. The first-order chi connectivity index (χ1) is 11.7. The molecule has 5 nitrogen and oxygen atoms in total. The molecule has 26 heavy (non-hydrogen) atoms. The highest BCUT2D eigenvalue weighted by molar-refractivity contribution is 7.90. The fourth-order valence-corrected chi connectivity index (χ4v) is 4.51. The number of rotatable bonds is 3. The number of hydrogen-bond donors (Lipinski definition) is 1. The van der Waals surface area contributed by atoms with Gasteiger partial charge in [-0.25, -0.2) is 12.4 Å². The third-order valence-electron chi connectivity index (χ3n) is 4.42. The summed E-state index contributed by atoms with van der Waals surface area (Å²) in [5.74, 6) is 0. The SMILES string of the molecule is Cl.Cl.O=S(=O)(c1ccccc1)n1ccc2cc(N3CCNCC3)ccc21. The van der Waals surface area contributed by atoms with Crippen LogP contribution in [-0.2, 0) is 10.0 Å². The van der Waals surface area contributed by atoms with E-state index in [1.807, 2.05) is 24.3 Å². The van der Waals surface area contributed by atoms with Crippen molar-refractivity contribution in [2.45, 2.75) is 4.90 Å². The summed E-state index contributed by atoms with van der Waals surface area (Å²) in [7, 11) is -3.57. The van der Waals surface area contributed by atoms with Crippen LogP contribution in [-0.4, -0.2) is 38.6 Å². The van der Waals surface area contributed by atoms with E-state index in [0.717, 1.165) is 37.3 Å². The lowest BCUT2D eigenvalue weighted by atomic mass is 10.2. The second-order valence-corrected chi connectivity index (χ2v) is 7.72. The minimum absolute atomic E-state index is 0. The molecule has 140 valence electrons. The first-order valence-electron chi connectivity index (χ1n) is 8.04. The van der Waals surface area contributed by atoms with Crippen molar-refractivity contribution in [1.29, 1.82) is 0 Å². The van der Waals surface area contributed by atoms with Crippen molar-refractivity contribution in [3.63, 3.8) is 0 Å². The van der Waals surface area contributed by atoms with Gasteiger partial charge < -0.3 is 10.2 Å². The van der Waals surface area contributed by atoms with E-state index in [1.165, 1.54) is 3.97 Å². The average molecular weight is 414 g/mol. The van der Waals surface area contributed by atoms with Crippen molar-refractivity contribution < 1.29 is 8.42 Å². The lowest BCUT2D eigenvalue weighted by Crippen LogP contribution is -2.43. The molecule has 0 spiro atoms. The van der Waals surface area contributed by atoms with E-state index in [1.54, 1.807) is 30.5 Å². The number of hydrogen-bond acceptors (Lipinski definition) is 4. The predicted octanol–water partition coefficient (Wildman–Crippen LogP) is 3.13. The van der Waals surface area contributed by atoms with Crippen molar-refractivity contribution in [2.75, 3.05) is 31.1 Å². The summed E-state index contributed by atoms with van der Waals surface area (Å²) in [5, 5.41) is 4.27. The van der Waals surface area contributed by atoms with Crippen LogP contribution in [0.15, 0.2) is 65.7 Å². The number of benzene rings is 2. The Morgan fingerprint density at radius 2 is 1.58 bits per heavy atom. The number of piperazine rings is 1. The normalized spacial score (nSPS) is 14.5. The summed E-state index contributed by atoms with van der Waals surface area (Å²) in [6, 6.07) is 16.4. The molecule has 0 radical (unpaired) electrons. The first-order valence-corrected chi connectivity index (χ1v) is 9.48. The standard InChI is InChI=1S/C18H19N3O2S.2ClH/c22-24(23,17-4-2-1-3-5-17)21-11-8-15-14-16(6-7-18(15)21)20-12-9-19-10-13-20;;/h1-8,11,14,19H,9-10,12-13H2;2*1H. The molecule has 0 amide bonds. The van der Waals surface area contributed by atoms with Crippen LogP contribution in [0.2, 0.25) is 0 Å². The first kappa shape index (κ1) is 20.6. The van der Waals surface area contributed by atoms with E-state index in [2.05, 4.69) is 16.3 Å². The molecular weight excluding hydrogens is 393 g/mol. The van der Waals surface area contributed by atoms with E-state index in [4.69, 9.17) is 0 Å². The fourth-order valence-electron chi connectivity index (χ4n) is 3.14. The summed E-state index contributed by atoms with van der Waals surface area (Å²) in [6.45, 7) is 3.88. The Kier molecular flexibility index (Phi) is 6.58. The minimum atomic E-state index is -3.57. The maximum absolute atomic E-state index is 12.8. The topological polar surface area (TPSA) is 54.3 Å². The molecule has 0 saturated carbocycles. The molecule has 2 aromatic carbocycles. The van der Waals surface area contributed by atoms with Gasteiger partial charge in [0, 0.05) is 43.4 Å². The van der Waals surface area contributed by atoms with Crippen molar-refractivity contribution in [1.82, 2.24) is 9.29 Å². The number of nitrogens with one attached hydrogen (secondary N) is 1. The lowest BCUT2D eigenvalue weighted by molar-refractivity contribution is 0.589. The van der Waals surface area contributed by atoms with E-state index in [-0.39, 0.29) is 24.8 Å². The van der Waals surface area contributed by atoms with Gasteiger partial charge in [0.05, 0.1) is 10.4 Å². The zero-order valence-corrected chi connectivity index (χ0v) is 16.5. The molecule has 1 fully saturated rings. The van der Waals surface area contributed by atoms with Crippen molar-refractivity contribution in [3.05, 3.63) is 60.8 Å². The molecule has 0 bridgehead atoms. The molecule has 0 aliphatic carbocycles. The second kappa shape index (κ2) is 8.31. The van der Waals surface area contributed by atoms with Gasteiger partial charge in [0.1, 0.15) is 0 Å². The highest BCUT2D eigenvalue weighted by Gasteiger charge is 2.19. The van der Waals surface area contributed by atoms with Gasteiger partial charge in [0.2, 0.25) is 0 Å². The van der Waals surface area contributed by atoms with Crippen LogP contribution in [0.4, 0.5) is 5.69 Å². The van der Waals surface area contributed by atoms with Crippen LogP contribution in [0.5, 0.6) is 0 Å². The molecule has 0 unspecified atom stereocenters. The Morgan fingerprint density at radius 1 is 0.885 bits per heavy atom. The van der Waals surface area contributed by atoms with Gasteiger partial charge in [-0.3, -0.25) is 0 Å². The summed E-state index contributed by atoms with van der Waals surface area (Å²) in [4.78, 5) is 2.62. The van der Waals surface area contributed by atoms with Crippen LogP contribution in [0.25, 0.3) is 10.9 Å². The Labute approximate surface area is 165 Å². The molecule has 8 heteroatoms. The smallest absolute Gasteiger partial charge is 0.268 e. The molecule has 1 aliphatic heterocycles. The molecule has 2 heterocycles. The van der Waals surface area contributed by atoms with Crippen molar-refractivity contribution in [2.24, 2.45) is 0 Å². The third kappa shape index (κ3) is 3.69. The average Bonchev–Trinajstić information content (AvgIpc) is 3.07. The van der Waals surface area contributed by atoms with Gasteiger partial charge in [-0.15, -0.1) is 24.8 Å². The van der Waals surface area contributed by atoms with Gasteiger partial charge in [-0.1, -0.05) is 18.2 Å². The van der Waals surface area contributed by atoms with Crippen LogP contribution < -0.4 is 10.2 Å². The highest BCUT2D eigenvalue weighted by Crippen LogP contribution is 2.26. The second-order valence-electron chi connectivity index (χ2n) is 5.91. The van der Waals surface area contributed by atoms with Gasteiger partial charge in [0.25, 0.3) is 10.0 Å².